The molecule has 5 heteroatoms. The van der Waals surface area contributed by atoms with Crippen molar-refractivity contribution in [2.45, 2.75) is 6.92 Å². The average Bonchev–Trinajstić information content (AvgIpc) is 2.86. The zero-order valence-corrected chi connectivity index (χ0v) is 10.5. The molecule has 1 aliphatic rings. The maximum absolute atomic E-state index is 11.7. The Bertz CT molecular complexity index is 613. The van der Waals surface area contributed by atoms with Gasteiger partial charge in [0.1, 0.15) is 12.9 Å². The van der Waals surface area contributed by atoms with Crippen molar-refractivity contribution in [1.82, 2.24) is 9.97 Å². The van der Waals surface area contributed by atoms with Gasteiger partial charge in [-0.1, -0.05) is 11.6 Å². The molecule has 0 radical (unpaired) electrons. The summed E-state index contributed by atoms with van der Waals surface area (Å²) in [7, 11) is 0. The number of amides is 1. The van der Waals surface area contributed by atoms with Crippen LogP contribution >= 0.6 is 0 Å². The summed E-state index contributed by atoms with van der Waals surface area (Å²) in [5, 5.41) is 0. The number of cyclic esters (lactones) is 1. The largest absolute Gasteiger partial charge is 0.447 e. The summed E-state index contributed by atoms with van der Waals surface area (Å²) in [6.45, 7) is 3.01. The molecular weight excluding hydrogens is 242 g/mol. The lowest BCUT2D eigenvalue weighted by atomic mass is 10.0. The number of rotatable bonds is 2. The van der Waals surface area contributed by atoms with E-state index in [1.807, 2.05) is 25.1 Å². The van der Waals surface area contributed by atoms with E-state index in [9.17, 15) is 4.79 Å². The van der Waals surface area contributed by atoms with E-state index in [0.29, 0.717) is 13.2 Å². The monoisotopic (exact) mass is 255 g/mol. The second-order valence-electron chi connectivity index (χ2n) is 4.41. The normalized spacial score (nSPS) is 14.6. The molecule has 2 aromatic rings. The van der Waals surface area contributed by atoms with Gasteiger partial charge in [-0.3, -0.25) is 4.90 Å². The topological polar surface area (TPSA) is 55.3 Å². The van der Waals surface area contributed by atoms with Gasteiger partial charge in [-0.25, -0.2) is 14.8 Å². The summed E-state index contributed by atoms with van der Waals surface area (Å²) in [6, 6.07) is 5.94. The van der Waals surface area contributed by atoms with Gasteiger partial charge in [0.15, 0.2) is 0 Å². The minimum atomic E-state index is -0.304. The van der Waals surface area contributed by atoms with Crippen LogP contribution in [0.15, 0.2) is 36.9 Å². The van der Waals surface area contributed by atoms with Crippen LogP contribution in [0.2, 0.25) is 0 Å². The summed E-state index contributed by atoms with van der Waals surface area (Å²) in [4.78, 5) is 21.4. The first kappa shape index (κ1) is 11.6. The Kier molecular flexibility index (Phi) is 2.87. The number of benzene rings is 1. The summed E-state index contributed by atoms with van der Waals surface area (Å²) in [5.74, 6) is 0. The molecule has 0 unspecified atom stereocenters. The van der Waals surface area contributed by atoms with Gasteiger partial charge in [-0.2, -0.15) is 0 Å². The molecule has 1 amide bonds. The molecule has 1 fully saturated rings. The molecule has 96 valence electrons. The van der Waals surface area contributed by atoms with Crippen molar-refractivity contribution in [2.75, 3.05) is 18.1 Å². The van der Waals surface area contributed by atoms with Crippen LogP contribution in [0.5, 0.6) is 0 Å². The number of nitrogens with zero attached hydrogens (tertiary/aromatic N) is 3. The zero-order chi connectivity index (χ0) is 13.2. The Labute approximate surface area is 110 Å². The van der Waals surface area contributed by atoms with Crippen molar-refractivity contribution in [3.05, 3.63) is 42.5 Å². The molecule has 19 heavy (non-hydrogen) atoms. The number of anilines is 1. The van der Waals surface area contributed by atoms with E-state index in [1.165, 1.54) is 6.33 Å². The number of aromatic nitrogens is 2. The minimum absolute atomic E-state index is 0.304. The van der Waals surface area contributed by atoms with E-state index in [1.54, 1.807) is 17.3 Å². The highest BCUT2D eigenvalue weighted by Crippen LogP contribution is 2.32. The van der Waals surface area contributed by atoms with Gasteiger partial charge >= 0.3 is 6.09 Å². The fourth-order valence-corrected chi connectivity index (χ4v) is 2.17. The SMILES string of the molecule is Cc1ccc(N2CCOC2=O)c(-c2cncnc2)c1. The van der Waals surface area contributed by atoms with E-state index in [-0.39, 0.29) is 6.09 Å². The van der Waals surface area contributed by atoms with Gasteiger partial charge < -0.3 is 4.74 Å². The fourth-order valence-electron chi connectivity index (χ4n) is 2.17. The van der Waals surface area contributed by atoms with E-state index in [0.717, 1.165) is 22.4 Å². The number of carbonyl (C=O) groups excluding carboxylic acids is 1. The van der Waals surface area contributed by atoms with Crippen LogP contribution in [0, 0.1) is 6.92 Å². The van der Waals surface area contributed by atoms with E-state index >= 15 is 0 Å². The number of carbonyl (C=O) groups is 1. The maximum atomic E-state index is 11.7. The highest BCUT2D eigenvalue weighted by molar-refractivity contribution is 5.95. The average molecular weight is 255 g/mol. The summed E-state index contributed by atoms with van der Waals surface area (Å²) in [6.07, 6.45) is 4.67. The molecule has 0 saturated carbocycles. The van der Waals surface area contributed by atoms with Crippen LogP contribution < -0.4 is 4.90 Å². The zero-order valence-electron chi connectivity index (χ0n) is 10.5. The summed E-state index contributed by atoms with van der Waals surface area (Å²) in [5.41, 5.74) is 3.79. The van der Waals surface area contributed by atoms with Crippen LogP contribution in [0.4, 0.5) is 10.5 Å². The van der Waals surface area contributed by atoms with Crippen LogP contribution in [-0.4, -0.2) is 29.2 Å². The molecule has 5 nitrogen and oxygen atoms in total. The van der Waals surface area contributed by atoms with Crippen LogP contribution in [-0.2, 0) is 4.74 Å². The Morgan fingerprint density at radius 1 is 1.26 bits per heavy atom. The Morgan fingerprint density at radius 3 is 2.74 bits per heavy atom. The Morgan fingerprint density at radius 2 is 2.05 bits per heavy atom. The Balaban J connectivity index is 2.12. The van der Waals surface area contributed by atoms with Crippen molar-refractivity contribution in [2.24, 2.45) is 0 Å². The van der Waals surface area contributed by atoms with Crippen LogP contribution in [0.25, 0.3) is 11.1 Å². The highest BCUT2D eigenvalue weighted by Gasteiger charge is 2.26. The van der Waals surface area contributed by atoms with E-state index < -0.39 is 0 Å². The molecular formula is C14H13N3O2. The fraction of sp³-hybridized carbons (Fsp3) is 0.214. The summed E-state index contributed by atoms with van der Waals surface area (Å²) >= 11 is 0. The first-order valence-corrected chi connectivity index (χ1v) is 6.06. The van der Waals surface area contributed by atoms with Gasteiger partial charge in [0, 0.05) is 23.5 Å². The Hall–Kier alpha value is -2.43. The smallest absolute Gasteiger partial charge is 0.414 e. The molecule has 0 aliphatic carbocycles. The predicted molar refractivity (Wildman–Crippen MR) is 70.9 cm³/mol. The van der Waals surface area contributed by atoms with Crippen LogP contribution in [0.3, 0.4) is 0 Å². The number of aryl methyl sites for hydroxylation is 1. The van der Waals surface area contributed by atoms with Crippen molar-refractivity contribution in [3.63, 3.8) is 0 Å². The minimum Gasteiger partial charge on any atom is -0.447 e. The second-order valence-corrected chi connectivity index (χ2v) is 4.41. The number of hydrogen-bond acceptors (Lipinski definition) is 4. The molecule has 1 aliphatic heterocycles. The van der Waals surface area contributed by atoms with Gasteiger partial charge in [-0.15, -0.1) is 0 Å². The molecule has 0 N–H and O–H groups in total. The summed E-state index contributed by atoms with van der Waals surface area (Å²) < 4.78 is 5.00. The van der Waals surface area contributed by atoms with E-state index in [4.69, 9.17) is 4.74 Å². The molecule has 2 heterocycles. The lowest BCUT2D eigenvalue weighted by molar-refractivity contribution is 0.181. The maximum Gasteiger partial charge on any atom is 0.414 e. The van der Waals surface area contributed by atoms with Crippen molar-refractivity contribution in [3.8, 4) is 11.1 Å². The lowest BCUT2D eigenvalue weighted by Crippen LogP contribution is -2.24. The number of hydrogen-bond donors (Lipinski definition) is 0. The predicted octanol–water partition coefficient (Wildman–Crippen LogP) is 2.41. The van der Waals surface area contributed by atoms with Crippen molar-refractivity contribution >= 4 is 11.8 Å². The first-order chi connectivity index (χ1) is 9.25. The molecule has 0 atom stereocenters. The number of ether oxygens (including phenoxy) is 1. The molecule has 1 saturated heterocycles. The van der Waals surface area contributed by atoms with Gasteiger partial charge in [-0.05, 0) is 19.1 Å². The van der Waals surface area contributed by atoms with Crippen LogP contribution in [0.1, 0.15) is 5.56 Å². The van der Waals surface area contributed by atoms with Gasteiger partial charge in [0.05, 0.1) is 12.2 Å². The highest BCUT2D eigenvalue weighted by atomic mass is 16.6. The standard InChI is InChI=1S/C14H13N3O2/c1-10-2-3-13(17-4-5-19-14(17)18)12(6-10)11-7-15-9-16-8-11/h2-3,6-9H,4-5H2,1H3. The van der Waals surface area contributed by atoms with Gasteiger partial charge in [0.25, 0.3) is 0 Å². The second kappa shape index (κ2) is 4.68. The molecule has 0 spiro atoms. The molecule has 0 bridgehead atoms. The third-order valence-corrected chi connectivity index (χ3v) is 3.08. The van der Waals surface area contributed by atoms with E-state index in [2.05, 4.69) is 9.97 Å². The van der Waals surface area contributed by atoms with Crippen molar-refractivity contribution < 1.29 is 9.53 Å². The third-order valence-electron chi connectivity index (χ3n) is 3.08. The third kappa shape index (κ3) is 2.14. The van der Waals surface area contributed by atoms with Gasteiger partial charge in [0.2, 0.25) is 0 Å². The lowest BCUT2D eigenvalue weighted by Gasteiger charge is -2.17. The van der Waals surface area contributed by atoms with Crippen molar-refractivity contribution in [1.29, 1.82) is 0 Å². The molecule has 3 rings (SSSR count). The first-order valence-electron chi connectivity index (χ1n) is 6.06. The quantitative estimate of drug-likeness (QED) is 0.826. The molecule has 1 aromatic carbocycles. The molecule has 1 aromatic heterocycles.